The molecular formula is C19H28O2Si. The highest BCUT2D eigenvalue weighted by atomic mass is 28.3. The molecule has 0 bridgehead atoms. The van der Waals surface area contributed by atoms with Gasteiger partial charge < -0.3 is 4.74 Å². The molecule has 1 atom stereocenters. The Morgan fingerprint density at radius 2 is 1.91 bits per heavy atom. The van der Waals surface area contributed by atoms with Crippen LogP contribution in [0.5, 0.6) is 0 Å². The molecule has 0 saturated heterocycles. The Balaban J connectivity index is 2.44. The first-order valence-electron chi connectivity index (χ1n) is 7.98. The van der Waals surface area contributed by atoms with E-state index in [1.54, 1.807) is 0 Å². The van der Waals surface area contributed by atoms with Gasteiger partial charge in [0, 0.05) is 6.08 Å². The molecule has 1 aromatic carbocycles. The predicted octanol–water partition coefficient (Wildman–Crippen LogP) is 4.79. The Kier molecular flexibility index (Phi) is 7.89. The lowest BCUT2D eigenvalue weighted by molar-refractivity contribution is -0.137. The summed E-state index contributed by atoms with van der Waals surface area (Å²) < 4.78 is 4.87. The molecule has 2 nitrogen and oxygen atoms in total. The van der Waals surface area contributed by atoms with Crippen LogP contribution < -0.4 is 0 Å². The van der Waals surface area contributed by atoms with Crippen molar-refractivity contribution in [3.8, 4) is 0 Å². The van der Waals surface area contributed by atoms with Crippen molar-refractivity contribution in [1.29, 1.82) is 0 Å². The zero-order chi connectivity index (χ0) is 16.4. The van der Waals surface area contributed by atoms with Crippen molar-refractivity contribution in [2.24, 2.45) is 5.92 Å². The minimum atomic E-state index is -1.27. The highest BCUT2D eigenvalue weighted by molar-refractivity contribution is 6.77. The van der Waals surface area contributed by atoms with E-state index in [4.69, 9.17) is 4.74 Å². The van der Waals surface area contributed by atoms with Crippen LogP contribution in [0.25, 0.3) is 0 Å². The van der Waals surface area contributed by atoms with E-state index in [0.29, 0.717) is 6.61 Å². The van der Waals surface area contributed by atoms with Gasteiger partial charge in [-0.25, -0.2) is 4.79 Å². The molecule has 1 unspecified atom stereocenters. The monoisotopic (exact) mass is 316 g/mol. The maximum atomic E-state index is 11.3. The normalized spacial score (nSPS) is 13.6. The summed E-state index contributed by atoms with van der Waals surface area (Å²) in [5.41, 5.74) is 1.43. The number of carbonyl (C=O) groups is 1. The van der Waals surface area contributed by atoms with Crippen molar-refractivity contribution in [3.05, 3.63) is 60.2 Å². The molecule has 0 aliphatic heterocycles. The average Bonchev–Trinajstić information content (AvgIpc) is 2.46. The number of benzene rings is 1. The van der Waals surface area contributed by atoms with Gasteiger partial charge in [-0.1, -0.05) is 74.1 Å². The molecule has 0 aromatic heterocycles. The minimum Gasteiger partial charge on any atom is -0.463 e. The summed E-state index contributed by atoms with van der Waals surface area (Å²) in [4.78, 5) is 11.3. The van der Waals surface area contributed by atoms with Gasteiger partial charge in [-0.05, 0) is 24.9 Å². The second kappa shape index (κ2) is 9.41. The molecule has 0 fully saturated rings. The Morgan fingerprint density at radius 1 is 1.23 bits per heavy atom. The summed E-state index contributed by atoms with van der Waals surface area (Å²) in [6.45, 7) is 9.16. The highest BCUT2D eigenvalue weighted by Gasteiger charge is 2.19. The van der Waals surface area contributed by atoms with E-state index in [1.165, 1.54) is 17.7 Å². The number of ether oxygens (including phenoxy) is 1. The summed E-state index contributed by atoms with van der Waals surface area (Å²) in [5.74, 6) is -0.00698. The summed E-state index contributed by atoms with van der Waals surface area (Å²) in [7, 11) is -1.27. The van der Waals surface area contributed by atoms with Crippen LogP contribution in [0.3, 0.4) is 0 Å². The van der Waals surface area contributed by atoms with Gasteiger partial charge in [-0.15, -0.1) is 0 Å². The first-order chi connectivity index (χ1) is 10.4. The second-order valence-electron chi connectivity index (χ2n) is 6.43. The zero-order valence-corrected chi connectivity index (χ0v) is 15.2. The molecule has 0 saturated carbocycles. The van der Waals surface area contributed by atoms with Crippen molar-refractivity contribution in [2.75, 3.05) is 6.61 Å². The lowest BCUT2D eigenvalue weighted by Crippen LogP contribution is -2.28. The molecule has 3 heteroatoms. The summed E-state index contributed by atoms with van der Waals surface area (Å²) >= 11 is 0. The van der Waals surface area contributed by atoms with Crippen LogP contribution in [0.2, 0.25) is 19.1 Å². The lowest BCUT2D eigenvalue weighted by atomic mass is 10.1. The molecule has 0 aliphatic carbocycles. The first-order valence-corrected chi connectivity index (χ1v) is 11.4. The number of carbonyl (C=O) groups excluding carboxylic acids is 1. The van der Waals surface area contributed by atoms with Gasteiger partial charge in [0.1, 0.15) is 0 Å². The van der Waals surface area contributed by atoms with E-state index in [-0.39, 0.29) is 11.9 Å². The van der Waals surface area contributed by atoms with E-state index >= 15 is 0 Å². The van der Waals surface area contributed by atoms with Crippen molar-refractivity contribution < 1.29 is 9.53 Å². The summed E-state index contributed by atoms with van der Waals surface area (Å²) in [6.07, 6.45) is 7.86. The maximum Gasteiger partial charge on any atom is 0.330 e. The molecule has 1 rings (SSSR count). The number of rotatable bonds is 8. The van der Waals surface area contributed by atoms with E-state index in [2.05, 4.69) is 62.5 Å². The third kappa shape index (κ3) is 7.98. The van der Waals surface area contributed by atoms with Crippen LogP contribution >= 0.6 is 0 Å². The smallest absolute Gasteiger partial charge is 0.330 e. The molecule has 0 heterocycles. The lowest BCUT2D eigenvalue weighted by Gasteiger charge is -2.20. The van der Waals surface area contributed by atoms with Crippen LogP contribution in [0.1, 0.15) is 19.4 Å². The van der Waals surface area contributed by atoms with Crippen LogP contribution in [-0.4, -0.2) is 20.7 Å². The molecule has 0 amide bonds. The number of esters is 1. The van der Waals surface area contributed by atoms with E-state index < -0.39 is 8.07 Å². The standard InChI is InChI=1S/C19H28O2Si/c1-5-21-19(20)14-13-17(2)10-9-15-22(3,4)16-18-11-7-6-8-12-18/h6-14,17H,5,15-16H2,1-4H3/b10-9-,14-13+. The van der Waals surface area contributed by atoms with Crippen LogP contribution in [0.15, 0.2) is 54.6 Å². The van der Waals surface area contributed by atoms with Crippen LogP contribution in [-0.2, 0) is 15.6 Å². The van der Waals surface area contributed by atoms with Crippen LogP contribution in [0.4, 0.5) is 0 Å². The third-order valence-corrected chi connectivity index (χ3v) is 6.16. The molecule has 0 N–H and O–H groups in total. The minimum absolute atomic E-state index is 0.255. The van der Waals surface area contributed by atoms with E-state index in [0.717, 1.165) is 6.04 Å². The molecule has 1 aromatic rings. The number of allylic oxidation sites excluding steroid dienone is 3. The van der Waals surface area contributed by atoms with Gasteiger partial charge >= 0.3 is 5.97 Å². The van der Waals surface area contributed by atoms with E-state index in [1.807, 2.05) is 13.0 Å². The van der Waals surface area contributed by atoms with Crippen molar-refractivity contribution in [1.82, 2.24) is 0 Å². The van der Waals surface area contributed by atoms with Gasteiger partial charge in [-0.2, -0.15) is 0 Å². The quantitative estimate of drug-likeness (QED) is 0.298. The second-order valence-corrected chi connectivity index (χ2v) is 11.5. The SMILES string of the molecule is CCOC(=O)/C=C/C(C)/C=C\C[Si](C)(C)Cc1ccccc1. The van der Waals surface area contributed by atoms with Gasteiger partial charge in [-0.3, -0.25) is 0 Å². The van der Waals surface area contributed by atoms with Gasteiger partial charge in [0.2, 0.25) is 0 Å². The molecule has 0 spiro atoms. The largest absolute Gasteiger partial charge is 0.463 e. The fourth-order valence-electron chi connectivity index (χ4n) is 2.31. The molecule has 0 radical (unpaired) electrons. The molecular weight excluding hydrogens is 288 g/mol. The maximum absolute atomic E-state index is 11.3. The van der Waals surface area contributed by atoms with Crippen LogP contribution in [0, 0.1) is 5.92 Å². The highest BCUT2D eigenvalue weighted by Crippen LogP contribution is 2.17. The summed E-state index contributed by atoms with van der Waals surface area (Å²) in [6, 6.07) is 13.1. The average molecular weight is 317 g/mol. The fraction of sp³-hybridized carbons (Fsp3) is 0.421. The third-order valence-electron chi connectivity index (χ3n) is 3.46. The van der Waals surface area contributed by atoms with E-state index in [9.17, 15) is 4.79 Å². The fourth-order valence-corrected chi connectivity index (χ4v) is 4.57. The predicted molar refractivity (Wildman–Crippen MR) is 96.5 cm³/mol. The molecule has 0 aliphatic rings. The summed E-state index contributed by atoms with van der Waals surface area (Å²) in [5, 5.41) is 0. The Hall–Kier alpha value is -1.61. The Labute approximate surface area is 135 Å². The zero-order valence-electron chi connectivity index (χ0n) is 14.2. The van der Waals surface area contributed by atoms with Crippen molar-refractivity contribution in [3.63, 3.8) is 0 Å². The molecule has 22 heavy (non-hydrogen) atoms. The molecule has 120 valence electrons. The van der Waals surface area contributed by atoms with Gasteiger partial charge in [0.15, 0.2) is 0 Å². The Morgan fingerprint density at radius 3 is 2.55 bits per heavy atom. The topological polar surface area (TPSA) is 26.3 Å². The van der Waals surface area contributed by atoms with Gasteiger partial charge in [0.25, 0.3) is 0 Å². The Bertz CT molecular complexity index is 503. The number of hydrogen-bond donors (Lipinski definition) is 0. The van der Waals surface area contributed by atoms with Crippen molar-refractivity contribution in [2.45, 2.75) is 39.0 Å². The first kappa shape index (κ1) is 18.4. The van der Waals surface area contributed by atoms with Crippen molar-refractivity contribution >= 4 is 14.0 Å². The van der Waals surface area contributed by atoms with Gasteiger partial charge in [0.05, 0.1) is 14.7 Å². The number of hydrogen-bond acceptors (Lipinski definition) is 2.